The number of nitrogens with zero attached hydrogens (tertiary/aromatic N) is 2. The fraction of sp³-hybridized carbons (Fsp3) is 0.107. The fourth-order valence-electron chi connectivity index (χ4n) is 3.40. The molecule has 162 valence electrons. The van der Waals surface area contributed by atoms with Gasteiger partial charge in [0, 0.05) is 17.5 Å². The minimum absolute atomic E-state index is 0.219. The van der Waals surface area contributed by atoms with E-state index >= 15 is 0 Å². The van der Waals surface area contributed by atoms with Crippen molar-refractivity contribution >= 4 is 28.5 Å². The van der Waals surface area contributed by atoms with Crippen molar-refractivity contribution in [2.45, 2.75) is 13.0 Å². The Morgan fingerprint density at radius 2 is 1.70 bits per heavy atom. The lowest BCUT2D eigenvalue weighted by Gasteiger charge is -2.11. The number of nitrogens with one attached hydrogen (secondary N) is 1. The van der Waals surface area contributed by atoms with Crippen molar-refractivity contribution in [2.24, 2.45) is 0 Å². The van der Waals surface area contributed by atoms with Crippen LogP contribution in [0.2, 0.25) is 0 Å². The van der Waals surface area contributed by atoms with Gasteiger partial charge < -0.3 is 10.1 Å². The molecule has 4 aromatic rings. The van der Waals surface area contributed by atoms with E-state index in [2.05, 4.69) is 10.3 Å². The summed E-state index contributed by atoms with van der Waals surface area (Å²) >= 11 is 0. The van der Waals surface area contributed by atoms with E-state index in [1.807, 2.05) is 103 Å². The van der Waals surface area contributed by atoms with Crippen LogP contribution in [0, 0.1) is 11.3 Å². The number of nitriles is 1. The molecule has 1 aromatic heterocycles. The molecular weight excluding hydrogens is 410 g/mol. The maximum absolute atomic E-state index is 12.8. The van der Waals surface area contributed by atoms with Crippen LogP contribution in [0.25, 0.3) is 22.6 Å². The molecule has 33 heavy (non-hydrogen) atoms. The lowest BCUT2D eigenvalue weighted by Crippen LogP contribution is -2.25. The third kappa shape index (κ3) is 5.84. The van der Waals surface area contributed by atoms with E-state index < -0.39 is 0 Å². The van der Waals surface area contributed by atoms with Gasteiger partial charge in [-0.25, -0.2) is 4.98 Å². The number of para-hydroxylation sites is 1. The van der Waals surface area contributed by atoms with Crippen molar-refractivity contribution in [1.29, 1.82) is 5.26 Å². The van der Waals surface area contributed by atoms with Gasteiger partial charge in [0.15, 0.2) is 0 Å². The third-order valence-corrected chi connectivity index (χ3v) is 5.09. The molecule has 0 bridgehead atoms. The highest BCUT2D eigenvalue weighted by molar-refractivity contribution is 6.24. The SMILES string of the molecule is N#CCCNC(=O)C(=Cc1ccccc1)c1ccc(OCc2ccc3ccccc3n2)cc1. The maximum atomic E-state index is 12.8. The van der Waals surface area contributed by atoms with Crippen molar-refractivity contribution in [3.63, 3.8) is 0 Å². The van der Waals surface area contributed by atoms with E-state index in [-0.39, 0.29) is 12.3 Å². The molecule has 5 heteroatoms. The highest BCUT2D eigenvalue weighted by Crippen LogP contribution is 2.23. The fourth-order valence-corrected chi connectivity index (χ4v) is 3.40. The number of pyridine rings is 1. The average molecular weight is 434 g/mol. The van der Waals surface area contributed by atoms with E-state index in [1.54, 1.807) is 0 Å². The minimum atomic E-state index is -0.219. The second-order valence-corrected chi connectivity index (χ2v) is 7.44. The Hall–Kier alpha value is -4.43. The number of fused-ring (bicyclic) bond motifs is 1. The Bertz CT molecular complexity index is 1310. The Morgan fingerprint density at radius 3 is 2.48 bits per heavy atom. The van der Waals surface area contributed by atoms with Gasteiger partial charge in [0.1, 0.15) is 12.4 Å². The maximum Gasteiger partial charge on any atom is 0.251 e. The molecule has 0 atom stereocenters. The van der Waals surface area contributed by atoms with Gasteiger partial charge in [-0.3, -0.25) is 4.79 Å². The van der Waals surface area contributed by atoms with E-state index in [9.17, 15) is 4.79 Å². The van der Waals surface area contributed by atoms with Crippen LogP contribution in [0.3, 0.4) is 0 Å². The summed E-state index contributed by atoms with van der Waals surface area (Å²) in [5, 5.41) is 12.7. The summed E-state index contributed by atoms with van der Waals surface area (Å²) in [6, 6.07) is 31.1. The zero-order valence-corrected chi connectivity index (χ0v) is 18.1. The molecule has 0 unspecified atom stereocenters. The second-order valence-electron chi connectivity index (χ2n) is 7.44. The van der Waals surface area contributed by atoms with Crippen LogP contribution in [-0.4, -0.2) is 17.4 Å². The number of carbonyl (C=O) groups is 1. The van der Waals surface area contributed by atoms with E-state index in [1.165, 1.54) is 0 Å². The van der Waals surface area contributed by atoms with Gasteiger partial charge in [-0.05, 0) is 41.5 Å². The summed E-state index contributed by atoms with van der Waals surface area (Å²) in [5.41, 5.74) is 4.00. The number of rotatable bonds is 8. The molecule has 0 radical (unpaired) electrons. The molecule has 0 saturated heterocycles. The Labute approximate surface area is 193 Å². The molecule has 0 spiro atoms. The van der Waals surface area contributed by atoms with Crippen LogP contribution in [-0.2, 0) is 11.4 Å². The van der Waals surface area contributed by atoms with Crippen LogP contribution in [0.1, 0.15) is 23.2 Å². The molecule has 1 amide bonds. The lowest BCUT2D eigenvalue weighted by molar-refractivity contribution is -0.115. The van der Waals surface area contributed by atoms with Crippen LogP contribution >= 0.6 is 0 Å². The first-order valence-corrected chi connectivity index (χ1v) is 10.7. The van der Waals surface area contributed by atoms with Crippen LogP contribution in [0.5, 0.6) is 5.75 Å². The first-order chi connectivity index (χ1) is 16.2. The topological polar surface area (TPSA) is 75.0 Å². The highest BCUT2D eigenvalue weighted by atomic mass is 16.5. The predicted molar refractivity (Wildman–Crippen MR) is 130 cm³/mol. The summed E-state index contributed by atoms with van der Waals surface area (Å²) in [7, 11) is 0. The zero-order chi connectivity index (χ0) is 22.9. The molecule has 1 heterocycles. The smallest absolute Gasteiger partial charge is 0.251 e. The zero-order valence-electron chi connectivity index (χ0n) is 18.1. The molecule has 3 aromatic carbocycles. The van der Waals surface area contributed by atoms with Gasteiger partial charge in [0.25, 0.3) is 5.91 Å². The summed E-state index contributed by atoms with van der Waals surface area (Å²) in [6.45, 7) is 0.660. The van der Waals surface area contributed by atoms with Gasteiger partial charge in [-0.15, -0.1) is 0 Å². The molecular formula is C28H23N3O2. The molecule has 0 aliphatic rings. The molecule has 4 rings (SSSR count). The average Bonchev–Trinajstić information content (AvgIpc) is 2.87. The van der Waals surface area contributed by atoms with Crippen molar-refractivity contribution in [1.82, 2.24) is 10.3 Å². The van der Waals surface area contributed by atoms with E-state index in [4.69, 9.17) is 10.00 Å². The minimum Gasteiger partial charge on any atom is -0.487 e. The first kappa shape index (κ1) is 21.8. The molecule has 1 N–H and O–H groups in total. The Morgan fingerprint density at radius 1 is 0.939 bits per heavy atom. The third-order valence-electron chi connectivity index (χ3n) is 5.09. The number of carbonyl (C=O) groups excluding carboxylic acids is 1. The standard InChI is InChI=1S/C28H23N3O2/c29-17-6-18-30-28(32)26(19-21-7-2-1-3-8-21)22-12-15-25(16-13-22)33-20-24-14-11-23-9-4-5-10-27(23)31-24/h1-5,7-16,19H,6,18,20H2,(H,30,32). The van der Waals surface area contributed by atoms with E-state index in [0.717, 1.165) is 27.7 Å². The molecule has 0 aliphatic heterocycles. The number of ether oxygens (including phenoxy) is 1. The summed E-state index contributed by atoms with van der Waals surface area (Å²) < 4.78 is 5.92. The number of amides is 1. The van der Waals surface area contributed by atoms with Gasteiger partial charge in [-0.2, -0.15) is 5.26 Å². The van der Waals surface area contributed by atoms with Crippen LogP contribution in [0.4, 0.5) is 0 Å². The molecule has 0 aliphatic carbocycles. The molecule has 5 nitrogen and oxygen atoms in total. The predicted octanol–water partition coefficient (Wildman–Crippen LogP) is 5.38. The number of hydrogen-bond donors (Lipinski definition) is 1. The van der Waals surface area contributed by atoms with Gasteiger partial charge in [-0.1, -0.05) is 66.7 Å². The van der Waals surface area contributed by atoms with Crippen LogP contribution < -0.4 is 10.1 Å². The van der Waals surface area contributed by atoms with Crippen molar-refractivity contribution < 1.29 is 9.53 Å². The van der Waals surface area contributed by atoms with Gasteiger partial charge in [0.05, 0.1) is 23.7 Å². The van der Waals surface area contributed by atoms with Gasteiger partial charge >= 0.3 is 0 Å². The lowest BCUT2D eigenvalue weighted by atomic mass is 10.0. The Kier molecular flexibility index (Phi) is 7.09. The van der Waals surface area contributed by atoms with Crippen molar-refractivity contribution in [3.05, 3.63) is 108 Å². The van der Waals surface area contributed by atoms with Crippen LogP contribution in [0.15, 0.2) is 91.0 Å². The second kappa shape index (κ2) is 10.7. The quantitative estimate of drug-likeness (QED) is 0.230. The highest BCUT2D eigenvalue weighted by Gasteiger charge is 2.12. The number of benzene rings is 3. The van der Waals surface area contributed by atoms with Crippen molar-refractivity contribution in [3.8, 4) is 11.8 Å². The summed E-state index contributed by atoms with van der Waals surface area (Å²) in [4.78, 5) is 17.4. The van der Waals surface area contributed by atoms with Gasteiger partial charge in [0.2, 0.25) is 0 Å². The van der Waals surface area contributed by atoms with E-state index in [0.29, 0.717) is 24.5 Å². The van der Waals surface area contributed by atoms with Crippen molar-refractivity contribution in [2.75, 3.05) is 6.54 Å². The number of aromatic nitrogens is 1. The molecule has 0 saturated carbocycles. The number of hydrogen-bond acceptors (Lipinski definition) is 4. The normalized spacial score (nSPS) is 11.1. The summed E-state index contributed by atoms with van der Waals surface area (Å²) in [5.74, 6) is 0.473. The molecule has 0 fully saturated rings. The monoisotopic (exact) mass is 433 g/mol. The Balaban J connectivity index is 1.49. The summed E-state index contributed by atoms with van der Waals surface area (Å²) in [6.07, 6.45) is 2.11. The first-order valence-electron chi connectivity index (χ1n) is 10.7. The largest absolute Gasteiger partial charge is 0.487 e.